The van der Waals surface area contributed by atoms with Crippen molar-refractivity contribution in [1.82, 2.24) is 19.9 Å². The summed E-state index contributed by atoms with van der Waals surface area (Å²) in [6.45, 7) is 0.621. The molecule has 12 nitrogen and oxygen atoms in total. The number of hydrazine groups is 1. The van der Waals surface area contributed by atoms with Gasteiger partial charge in [-0.1, -0.05) is 0 Å². The smallest absolute Gasteiger partial charge is 0.289 e. The molecule has 0 radical (unpaired) electrons. The molecule has 32 heavy (non-hydrogen) atoms. The molecule has 0 spiro atoms. The molecular formula is C19H31ClN8O4. The fourth-order valence-electron chi connectivity index (χ4n) is 2.87. The summed E-state index contributed by atoms with van der Waals surface area (Å²) in [6.07, 6.45) is 3.41. The summed E-state index contributed by atoms with van der Waals surface area (Å²) in [5.74, 6) is -0.705. The molecule has 0 bridgehead atoms. The standard InChI is InChI=1S/C19H30N8O4.ClH/c1-25(5-3-17(20)21)18(30)16-10-14(12-24-16)27(26(2)6-8-29)19(31)15-9-13(11-23-15)22-4-7-28;/h9-12,22-24,28-29H,3-8H2,1-2H3,(H3,20,21);1H. The van der Waals surface area contributed by atoms with Crippen LogP contribution in [0.3, 0.4) is 0 Å². The Morgan fingerprint density at radius 3 is 2.34 bits per heavy atom. The lowest BCUT2D eigenvalue weighted by Gasteiger charge is -2.30. The molecule has 0 aromatic carbocycles. The summed E-state index contributed by atoms with van der Waals surface area (Å²) >= 11 is 0. The van der Waals surface area contributed by atoms with Crippen LogP contribution in [0.4, 0.5) is 11.4 Å². The molecule has 2 aromatic heterocycles. The Labute approximate surface area is 192 Å². The first-order valence-electron chi connectivity index (χ1n) is 9.74. The van der Waals surface area contributed by atoms with E-state index >= 15 is 0 Å². The predicted molar refractivity (Wildman–Crippen MR) is 124 cm³/mol. The summed E-state index contributed by atoms with van der Waals surface area (Å²) in [4.78, 5) is 33.0. The number of nitrogens with zero attached hydrogens (tertiary/aromatic N) is 3. The van der Waals surface area contributed by atoms with Crippen molar-refractivity contribution in [3.05, 3.63) is 35.9 Å². The fourth-order valence-corrected chi connectivity index (χ4v) is 2.87. The number of amidine groups is 1. The minimum absolute atomic E-state index is 0. The van der Waals surface area contributed by atoms with Gasteiger partial charge in [0.2, 0.25) is 0 Å². The van der Waals surface area contributed by atoms with Gasteiger partial charge in [-0.15, -0.1) is 12.4 Å². The van der Waals surface area contributed by atoms with Gasteiger partial charge in [0.15, 0.2) is 0 Å². The Bertz CT molecular complexity index is 900. The summed E-state index contributed by atoms with van der Waals surface area (Å²) in [5.41, 5.74) is 6.98. The Kier molecular flexibility index (Phi) is 10.7. The highest BCUT2D eigenvalue weighted by atomic mass is 35.5. The van der Waals surface area contributed by atoms with Crippen LogP contribution in [0.15, 0.2) is 24.5 Å². The monoisotopic (exact) mass is 470 g/mol. The largest absolute Gasteiger partial charge is 0.395 e. The summed E-state index contributed by atoms with van der Waals surface area (Å²) in [5, 5.41) is 31.4. The normalized spacial score (nSPS) is 10.5. The zero-order valence-corrected chi connectivity index (χ0v) is 18.9. The zero-order chi connectivity index (χ0) is 23.0. The van der Waals surface area contributed by atoms with E-state index in [-0.39, 0.29) is 61.7 Å². The maximum Gasteiger partial charge on any atom is 0.289 e. The van der Waals surface area contributed by atoms with Crippen molar-refractivity contribution in [2.45, 2.75) is 6.42 Å². The van der Waals surface area contributed by atoms with Gasteiger partial charge in [0.05, 0.1) is 30.4 Å². The molecule has 0 aliphatic rings. The highest BCUT2D eigenvalue weighted by Crippen LogP contribution is 2.22. The van der Waals surface area contributed by atoms with Crippen LogP contribution in [0.2, 0.25) is 0 Å². The molecule has 0 saturated carbocycles. The van der Waals surface area contributed by atoms with Crippen molar-refractivity contribution < 1.29 is 19.8 Å². The van der Waals surface area contributed by atoms with Gasteiger partial charge in [-0.05, 0) is 12.1 Å². The average Bonchev–Trinajstić information content (AvgIpc) is 3.40. The second-order valence-corrected chi connectivity index (χ2v) is 6.95. The van der Waals surface area contributed by atoms with E-state index < -0.39 is 5.91 Å². The maximum absolute atomic E-state index is 13.2. The minimum Gasteiger partial charge on any atom is -0.395 e. The van der Waals surface area contributed by atoms with Crippen molar-refractivity contribution in [3.63, 3.8) is 0 Å². The van der Waals surface area contributed by atoms with Gasteiger partial charge in [-0.25, -0.2) is 10.0 Å². The van der Waals surface area contributed by atoms with Gasteiger partial charge in [-0.2, -0.15) is 0 Å². The first-order chi connectivity index (χ1) is 14.8. The number of carbonyl (C=O) groups excluding carboxylic acids is 2. The fraction of sp³-hybridized carbons (Fsp3) is 0.421. The number of aliphatic hydroxyl groups is 2. The van der Waals surface area contributed by atoms with Crippen LogP contribution < -0.4 is 16.1 Å². The molecule has 0 aliphatic carbocycles. The van der Waals surface area contributed by atoms with Crippen molar-refractivity contribution in [1.29, 1.82) is 5.41 Å². The predicted octanol–water partition coefficient (Wildman–Crippen LogP) is 0.0528. The average molecular weight is 471 g/mol. The molecular weight excluding hydrogens is 440 g/mol. The van der Waals surface area contributed by atoms with Crippen molar-refractivity contribution in [3.8, 4) is 0 Å². The third kappa shape index (κ3) is 6.99. The lowest BCUT2D eigenvalue weighted by molar-refractivity contribution is 0.0792. The molecule has 8 N–H and O–H groups in total. The van der Waals surface area contributed by atoms with Gasteiger partial charge in [0, 0.05) is 52.5 Å². The molecule has 0 fully saturated rings. The number of aromatic amines is 2. The Hall–Kier alpha value is -3.06. The van der Waals surface area contributed by atoms with E-state index in [0.29, 0.717) is 24.5 Å². The van der Waals surface area contributed by atoms with Crippen molar-refractivity contribution >= 4 is 41.4 Å². The number of carbonyl (C=O) groups is 2. The molecule has 0 unspecified atom stereocenters. The third-order valence-corrected chi connectivity index (χ3v) is 4.52. The maximum atomic E-state index is 13.2. The lowest BCUT2D eigenvalue weighted by Crippen LogP contribution is -2.45. The summed E-state index contributed by atoms with van der Waals surface area (Å²) in [7, 11) is 3.25. The molecule has 2 heterocycles. The second-order valence-electron chi connectivity index (χ2n) is 6.95. The van der Waals surface area contributed by atoms with E-state index in [1.807, 2.05) is 0 Å². The van der Waals surface area contributed by atoms with E-state index in [4.69, 9.17) is 16.2 Å². The Balaban J connectivity index is 0.00000512. The number of anilines is 2. The van der Waals surface area contributed by atoms with E-state index in [9.17, 15) is 14.7 Å². The molecule has 0 aliphatic heterocycles. The van der Waals surface area contributed by atoms with E-state index in [1.54, 1.807) is 37.4 Å². The number of aliphatic hydroxyl groups excluding tert-OH is 2. The first kappa shape index (κ1) is 27.0. The molecule has 2 rings (SSSR count). The van der Waals surface area contributed by atoms with Crippen molar-refractivity contribution in [2.75, 3.05) is 57.3 Å². The molecule has 0 atom stereocenters. The highest BCUT2D eigenvalue weighted by molar-refractivity contribution is 6.05. The topological polar surface area (TPSA) is 178 Å². The number of nitrogens with one attached hydrogen (secondary N) is 4. The number of hydrogen-bond donors (Lipinski definition) is 7. The van der Waals surface area contributed by atoms with Crippen LogP contribution in [-0.4, -0.2) is 94.7 Å². The van der Waals surface area contributed by atoms with Gasteiger partial charge < -0.3 is 36.1 Å². The molecule has 2 amide bonds. The van der Waals surface area contributed by atoms with E-state index in [0.717, 1.165) is 0 Å². The van der Waals surface area contributed by atoms with Gasteiger partial charge in [0.25, 0.3) is 11.8 Å². The number of rotatable bonds is 12. The Morgan fingerprint density at radius 1 is 1.06 bits per heavy atom. The molecule has 13 heteroatoms. The van der Waals surface area contributed by atoms with Gasteiger partial charge in [0.1, 0.15) is 11.4 Å². The van der Waals surface area contributed by atoms with Crippen LogP contribution in [0, 0.1) is 5.41 Å². The molecule has 0 saturated heterocycles. The second kappa shape index (κ2) is 12.7. The Morgan fingerprint density at radius 2 is 1.72 bits per heavy atom. The van der Waals surface area contributed by atoms with Crippen molar-refractivity contribution in [2.24, 2.45) is 5.73 Å². The van der Waals surface area contributed by atoms with Crippen LogP contribution in [0.25, 0.3) is 0 Å². The molecule has 178 valence electrons. The molecule has 2 aromatic rings. The van der Waals surface area contributed by atoms with Crippen LogP contribution in [-0.2, 0) is 0 Å². The number of halogens is 1. The van der Waals surface area contributed by atoms with Crippen LogP contribution in [0.1, 0.15) is 27.4 Å². The quantitative estimate of drug-likeness (QED) is 0.130. The lowest BCUT2D eigenvalue weighted by atomic mass is 10.3. The number of likely N-dealkylation sites (N-methyl/N-ethyl adjacent to an activating group) is 1. The third-order valence-electron chi connectivity index (χ3n) is 4.52. The SMILES string of the molecule is CN(CCC(=N)N)C(=O)c1cc(N(C(=O)c2cc(NCCO)c[nH]2)N(C)CCO)c[nH]1.Cl. The number of aromatic nitrogens is 2. The number of amides is 2. The van der Waals surface area contributed by atoms with E-state index in [1.165, 1.54) is 16.1 Å². The van der Waals surface area contributed by atoms with Crippen LogP contribution >= 0.6 is 12.4 Å². The summed E-state index contributed by atoms with van der Waals surface area (Å²) in [6, 6.07) is 3.16. The summed E-state index contributed by atoms with van der Waals surface area (Å²) < 4.78 is 0. The number of nitrogens with two attached hydrogens (primary N) is 1. The number of H-pyrrole nitrogens is 2. The zero-order valence-electron chi connectivity index (χ0n) is 18.1. The van der Waals surface area contributed by atoms with Gasteiger partial charge in [-0.3, -0.25) is 15.0 Å². The van der Waals surface area contributed by atoms with E-state index in [2.05, 4.69) is 15.3 Å². The van der Waals surface area contributed by atoms with Gasteiger partial charge >= 0.3 is 0 Å². The highest BCUT2D eigenvalue weighted by Gasteiger charge is 2.25. The first-order valence-corrected chi connectivity index (χ1v) is 9.74. The minimum atomic E-state index is -0.393. The number of hydrogen-bond acceptors (Lipinski definition) is 7. The van der Waals surface area contributed by atoms with Crippen LogP contribution in [0.5, 0.6) is 0 Å².